The number of carbonyl (C=O) groups excluding carboxylic acids is 2. The van der Waals surface area contributed by atoms with Crippen LogP contribution in [0.2, 0.25) is 0 Å². The van der Waals surface area contributed by atoms with Crippen LogP contribution >= 0.6 is 0 Å². The first-order valence-electron chi connectivity index (χ1n) is 9.67. The predicted molar refractivity (Wildman–Crippen MR) is 117 cm³/mol. The lowest BCUT2D eigenvalue weighted by Crippen LogP contribution is -2.37. The van der Waals surface area contributed by atoms with E-state index >= 15 is 0 Å². The lowest BCUT2D eigenvalue weighted by atomic mass is 10.1. The highest BCUT2D eigenvalue weighted by Gasteiger charge is 2.35. The van der Waals surface area contributed by atoms with Crippen molar-refractivity contribution in [2.24, 2.45) is 5.73 Å². The SMILES string of the molecule is CN.Nc1ncccc1C(=O)N(CC=O)C1COc2c(F)cc(F)cc21.c1ccccc1. The smallest absolute Gasteiger partial charge is 0.258 e. The van der Waals surface area contributed by atoms with Gasteiger partial charge in [0.2, 0.25) is 0 Å². The number of anilines is 1. The zero-order valence-electron chi connectivity index (χ0n) is 17.4. The van der Waals surface area contributed by atoms with Gasteiger partial charge in [-0.25, -0.2) is 13.8 Å². The van der Waals surface area contributed by atoms with Crippen LogP contribution in [0.1, 0.15) is 22.0 Å². The normalized spacial score (nSPS) is 13.3. The van der Waals surface area contributed by atoms with Crippen LogP contribution in [0.3, 0.4) is 0 Å². The number of benzene rings is 2. The average Bonchev–Trinajstić information content (AvgIpc) is 3.24. The maximum Gasteiger partial charge on any atom is 0.258 e. The quantitative estimate of drug-likeness (QED) is 0.601. The maximum atomic E-state index is 13.8. The highest BCUT2D eigenvalue weighted by molar-refractivity contribution is 5.99. The molecule has 2 aromatic carbocycles. The van der Waals surface area contributed by atoms with Gasteiger partial charge in [-0.1, -0.05) is 36.4 Å². The van der Waals surface area contributed by atoms with Crippen molar-refractivity contribution >= 4 is 18.0 Å². The van der Waals surface area contributed by atoms with Gasteiger partial charge in [0, 0.05) is 17.8 Å². The lowest BCUT2D eigenvalue weighted by molar-refractivity contribution is -0.108. The van der Waals surface area contributed by atoms with E-state index in [1.807, 2.05) is 36.4 Å². The fourth-order valence-electron chi connectivity index (χ4n) is 3.06. The molecule has 1 amide bonds. The summed E-state index contributed by atoms with van der Waals surface area (Å²) < 4.78 is 32.6. The Balaban J connectivity index is 0.000000387. The Labute approximate surface area is 184 Å². The number of nitrogens with two attached hydrogens (primary N) is 2. The summed E-state index contributed by atoms with van der Waals surface area (Å²) in [6.45, 7) is -0.367. The van der Waals surface area contributed by atoms with Crippen LogP contribution in [0.4, 0.5) is 14.6 Å². The van der Waals surface area contributed by atoms with Gasteiger partial charge in [0.15, 0.2) is 11.6 Å². The molecule has 0 radical (unpaired) electrons. The standard InChI is InChI=1S/C16H13F2N3O3.C6H6.CH5N/c17-9-6-11-13(8-24-14(11)12(18)7-9)21(4-5-22)16(23)10-2-1-3-20-15(10)19;1-2-4-6-5-3-1;1-2/h1-3,5-7,13H,4,8H2,(H2,19,20);1-6H;2H2,1H3. The minimum Gasteiger partial charge on any atom is -0.488 e. The molecule has 0 aliphatic carbocycles. The zero-order chi connectivity index (χ0) is 23.5. The molecule has 7 nitrogen and oxygen atoms in total. The molecule has 1 aliphatic rings. The van der Waals surface area contributed by atoms with Crippen molar-refractivity contribution in [3.63, 3.8) is 0 Å². The van der Waals surface area contributed by atoms with Crippen molar-refractivity contribution in [2.75, 3.05) is 25.9 Å². The van der Waals surface area contributed by atoms with Gasteiger partial charge in [-0.2, -0.15) is 0 Å². The molecule has 1 atom stereocenters. The number of carbonyl (C=O) groups is 2. The minimum atomic E-state index is -0.855. The lowest BCUT2D eigenvalue weighted by Gasteiger charge is -2.26. The van der Waals surface area contributed by atoms with Crippen molar-refractivity contribution in [3.05, 3.63) is 89.6 Å². The summed E-state index contributed by atoms with van der Waals surface area (Å²) >= 11 is 0. The van der Waals surface area contributed by atoms with E-state index in [0.717, 1.165) is 11.0 Å². The number of amides is 1. The molecule has 168 valence electrons. The number of aromatic nitrogens is 1. The van der Waals surface area contributed by atoms with E-state index in [9.17, 15) is 18.4 Å². The van der Waals surface area contributed by atoms with Gasteiger partial charge in [0.05, 0.1) is 18.2 Å². The molecule has 0 spiro atoms. The molecule has 1 aliphatic heterocycles. The molecule has 32 heavy (non-hydrogen) atoms. The second kappa shape index (κ2) is 12.1. The first kappa shape index (κ1) is 24.4. The molecule has 1 unspecified atom stereocenters. The summed E-state index contributed by atoms with van der Waals surface area (Å²) in [5.74, 6) is -2.33. The third kappa shape index (κ3) is 5.86. The van der Waals surface area contributed by atoms with Gasteiger partial charge >= 0.3 is 0 Å². The number of halogens is 2. The topological polar surface area (TPSA) is 112 Å². The Bertz CT molecular complexity index is 1010. The summed E-state index contributed by atoms with van der Waals surface area (Å²) in [5.41, 5.74) is 10.5. The second-order valence-corrected chi connectivity index (χ2v) is 6.35. The predicted octanol–water partition coefficient (Wildman–Crippen LogP) is 2.98. The third-order valence-corrected chi connectivity index (χ3v) is 4.43. The molecular weight excluding hydrogens is 418 g/mol. The number of hydrogen-bond donors (Lipinski definition) is 2. The van der Waals surface area contributed by atoms with E-state index in [1.54, 1.807) is 0 Å². The van der Waals surface area contributed by atoms with Crippen LogP contribution in [-0.2, 0) is 4.79 Å². The molecule has 0 saturated carbocycles. The van der Waals surface area contributed by atoms with Crippen molar-refractivity contribution in [2.45, 2.75) is 6.04 Å². The second-order valence-electron chi connectivity index (χ2n) is 6.35. The van der Waals surface area contributed by atoms with Crippen molar-refractivity contribution in [3.8, 4) is 5.75 Å². The Morgan fingerprint density at radius 1 is 1.16 bits per heavy atom. The van der Waals surface area contributed by atoms with Gasteiger partial charge in [-0.3, -0.25) is 4.79 Å². The number of nitrogens with zero attached hydrogens (tertiary/aromatic N) is 2. The molecule has 2 heterocycles. The van der Waals surface area contributed by atoms with Crippen LogP contribution < -0.4 is 16.2 Å². The molecule has 4 N–H and O–H groups in total. The van der Waals surface area contributed by atoms with Crippen molar-refractivity contribution < 1.29 is 23.1 Å². The first-order valence-corrected chi connectivity index (χ1v) is 9.67. The van der Waals surface area contributed by atoms with Gasteiger partial charge in [-0.05, 0) is 25.2 Å². The van der Waals surface area contributed by atoms with Crippen LogP contribution in [0, 0.1) is 11.6 Å². The summed E-state index contributed by atoms with van der Waals surface area (Å²) in [6.07, 6.45) is 1.95. The Hall–Kier alpha value is -3.85. The molecule has 0 saturated heterocycles. The minimum absolute atomic E-state index is 0.00274. The van der Waals surface area contributed by atoms with Crippen molar-refractivity contribution in [1.29, 1.82) is 0 Å². The molecule has 0 fully saturated rings. The fourth-order valence-corrected chi connectivity index (χ4v) is 3.06. The third-order valence-electron chi connectivity index (χ3n) is 4.43. The summed E-state index contributed by atoms with van der Waals surface area (Å²) in [7, 11) is 1.50. The van der Waals surface area contributed by atoms with E-state index in [1.165, 1.54) is 25.4 Å². The Kier molecular flexibility index (Phi) is 9.24. The van der Waals surface area contributed by atoms with Crippen LogP contribution in [0.5, 0.6) is 5.75 Å². The van der Waals surface area contributed by atoms with E-state index in [-0.39, 0.29) is 35.8 Å². The van der Waals surface area contributed by atoms with Gasteiger partial charge < -0.3 is 25.9 Å². The number of pyridine rings is 1. The van der Waals surface area contributed by atoms with E-state index < -0.39 is 23.6 Å². The average molecular weight is 442 g/mol. The van der Waals surface area contributed by atoms with E-state index in [2.05, 4.69) is 10.7 Å². The van der Waals surface area contributed by atoms with Gasteiger partial charge in [0.1, 0.15) is 24.5 Å². The Morgan fingerprint density at radius 2 is 1.78 bits per heavy atom. The van der Waals surface area contributed by atoms with Gasteiger partial charge in [-0.15, -0.1) is 0 Å². The van der Waals surface area contributed by atoms with Crippen molar-refractivity contribution in [1.82, 2.24) is 9.88 Å². The molecule has 9 heteroatoms. The fraction of sp³-hybridized carbons (Fsp3) is 0.174. The number of fused-ring (bicyclic) bond motifs is 1. The van der Waals surface area contributed by atoms with E-state index in [4.69, 9.17) is 10.5 Å². The van der Waals surface area contributed by atoms with E-state index in [0.29, 0.717) is 12.4 Å². The maximum absolute atomic E-state index is 13.8. The molecule has 1 aromatic heterocycles. The van der Waals surface area contributed by atoms with Crippen LogP contribution in [0.25, 0.3) is 0 Å². The van der Waals surface area contributed by atoms with Gasteiger partial charge in [0.25, 0.3) is 5.91 Å². The molecular formula is C23H24F2N4O3. The Morgan fingerprint density at radius 3 is 2.34 bits per heavy atom. The zero-order valence-corrected chi connectivity index (χ0v) is 17.4. The van der Waals surface area contributed by atoms with Crippen LogP contribution in [-0.4, -0.2) is 42.3 Å². The monoisotopic (exact) mass is 442 g/mol. The number of aldehydes is 1. The number of hydrogen-bond acceptors (Lipinski definition) is 6. The molecule has 0 bridgehead atoms. The highest BCUT2D eigenvalue weighted by atomic mass is 19.1. The number of ether oxygens (including phenoxy) is 1. The first-order chi connectivity index (χ1) is 15.5. The summed E-state index contributed by atoms with van der Waals surface area (Å²) in [5, 5.41) is 0. The molecule has 4 rings (SSSR count). The number of nitrogen functional groups attached to an aromatic ring is 1. The van der Waals surface area contributed by atoms with Crippen LogP contribution in [0.15, 0.2) is 66.9 Å². The summed E-state index contributed by atoms with van der Waals surface area (Å²) in [6, 6.07) is 16.0. The number of rotatable bonds is 4. The molecule has 3 aromatic rings. The largest absolute Gasteiger partial charge is 0.488 e. The summed E-state index contributed by atoms with van der Waals surface area (Å²) in [4.78, 5) is 28.7. The highest BCUT2D eigenvalue weighted by Crippen LogP contribution is 2.39.